The lowest BCUT2D eigenvalue weighted by molar-refractivity contribution is -0.117. The van der Waals surface area contributed by atoms with E-state index < -0.39 is 6.04 Å². The molecule has 0 unspecified atom stereocenters. The van der Waals surface area contributed by atoms with Crippen molar-refractivity contribution in [1.82, 2.24) is 4.98 Å². The van der Waals surface area contributed by atoms with Gasteiger partial charge in [0.15, 0.2) is 0 Å². The van der Waals surface area contributed by atoms with E-state index in [1.165, 1.54) is 13.3 Å². The number of methoxy groups -OCH3 is 1. The van der Waals surface area contributed by atoms with Gasteiger partial charge in [-0.15, -0.1) is 0 Å². The number of hydrogen-bond donors (Lipinski definition) is 2. The summed E-state index contributed by atoms with van der Waals surface area (Å²) in [5, 5.41) is 2.73. The number of aromatic nitrogens is 1. The van der Waals surface area contributed by atoms with E-state index in [0.29, 0.717) is 18.0 Å². The number of nitrogens with one attached hydrogen (secondary N) is 1. The van der Waals surface area contributed by atoms with Crippen LogP contribution in [-0.4, -0.2) is 24.0 Å². The fourth-order valence-corrected chi connectivity index (χ4v) is 1.77. The third kappa shape index (κ3) is 3.80. The van der Waals surface area contributed by atoms with Gasteiger partial charge >= 0.3 is 0 Å². The van der Waals surface area contributed by atoms with Crippen molar-refractivity contribution in [2.45, 2.75) is 12.5 Å². The van der Waals surface area contributed by atoms with E-state index in [0.717, 1.165) is 5.56 Å². The Bertz CT molecular complexity index is 555. The van der Waals surface area contributed by atoms with Crippen LogP contribution in [0.1, 0.15) is 5.56 Å². The molecule has 1 aromatic heterocycles. The molecule has 1 amide bonds. The molecule has 0 fully saturated rings. The predicted molar refractivity (Wildman–Crippen MR) is 77.5 cm³/mol. The van der Waals surface area contributed by atoms with Crippen molar-refractivity contribution in [3.8, 4) is 5.88 Å². The number of carbonyl (C=O) groups excluding carboxylic acids is 1. The number of hydrogen-bond acceptors (Lipinski definition) is 4. The van der Waals surface area contributed by atoms with Gasteiger partial charge in [0.05, 0.1) is 25.0 Å². The highest BCUT2D eigenvalue weighted by molar-refractivity contribution is 5.94. The maximum atomic E-state index is 12.0. The minimum Gasteiger partial charge on any atom is -0.481 e. The van der Waals surface area contributed by atoms with Crippen LogP contribution in [-0.2, 0) is 11.2 Å². The fourth-order valence-electron chi connectivity index (χ4n) is 1.77. The average Bonchev–Trinajstić information content (AvgIpc) is 2.49. The Balaban J connectivity index is 1.93. The Hall–Kier alpha value is -2.40. The SMILES string of the molecule is COc1ccc(NC(=O)[C@@H](N)Cc2ccccc2)cn1. The maximum Gasteiger partial charge on any atom is 0.241 e. The van der Waals surface area contributed by atoms with Gasteiger partial charge in [-0.05, 0) is 18.1 Å². The maximum absolute atomic E-state index is 12.0. The first-order valence-corrected chi connectivity index (χ1v) is 6.29. The molecule has 104 valence electrons. The molecule has 0 spiro atoms. The summed E-state index contributed by atoms with van der Waals surface area (Å²) in [6.45, 7) is 0. The molecule has 2 aromatic rings. The van der Waals surface area contributed by atoms with Gasteiger partial charge in [-0.2, -0.15) is 0 Å². The molecule has 1 aromatic carbocycles. The van der Waals surface area contributed by atoms with Gasteiger partial charge in [-0.3, -0.25) is 4.79 Å². The van der Waals surface area contributed by atoms with Crippen LogP contribution in [0.15, 0.2) is 48.7 Å². The minimum absolute atomic E-state index is 0.235. The van der Waals surface area contributed by atoms with Crippen LogP contribution >= 0.6 is 0 Å². The molecular formula is C15H17N3O2. The van der Waals surface area contributed by atoms with Crippen LogP contribution in [0.25, 0.3) is 0 Å². The summed E-state index contributed by atoms with van der Waals surface area (Å²) in [7, 11) is 1.54. The van der Waals surface area contributed by atoms with E-state index in [2.05, 4.69) is 10.3 Å². The lowest BCUT2D eigenvalue weighted by Gasteiger charge is -2.12. The largest absolute Gasteiger partial charge is 0.481 e. The van der Waals surface area contributed by atoms with Crippen LogP contribution < -0.4 is 15.8 Å². The van der Waals surface area contributed by atoms with E-state index in [1.807, 2.05) is 30.3 Å². The van der Waals surface area contributed by atoms with Gasteiger partial charge in [-0.25, -0.2) is 4.98 Å². The number of carbonyl (C=O) groups is 1. The van der Waals surface area contributed by atoms with Crippen LogP contribution in [0.5, 0.6) is 5.88 Å². The second-order valence-electron chi connectivity index (χ2n) is 4.37. The summed E-state index contributed by atoms with van der Waals surface area (Å²) in [6, 6.07) is 12.5. The van der Waals surface area contributed by atoms with Gasteiger partial charge in [0.25, 0.3) is 0 Å². The first kappa shape index (κ1) is 14.0. The van der Waals surface area contributed by atoms with Crippen molar-refractivity contribution < 1.29 is 9.53 Å². The molecule has 0 aliphatic heterocycles. The smallest absolute Gasteiger partial charge is 0.241 e. The summed E-state index contributed by atoms with van der Waals surface area (Å²) in [5.41, 5.74) is 7.52. The van der Waals surface area contributed by atoms with Crippen molar-refractivity contribution in [2.75, 3.05) is 12.4 Å². The van der Waals surface area contributed by atoms with E-state index >= 15 is 0 Å². The molecule has 5 nitrogen and oxygen atoms in total. The quantitative estimate of drug-likeness (QED) is 0.866. The fraction of sp³-hybridized carbons (Fsp3) is 0.200. The van der Waals surface area contributed by atoms with E-state index in [1.54, 1.807) is 12.1 Å². The second kappa shape index (κ2) is 6.68. The first-order valence-electron chi connectivity index (χ1n) is 6.29. The number of rotatable bonds is 5. The van der Waals surface area contributed by atoms with Gasteiger partial charge < -0.3 is 15.8 Å². The van der Waals surface area contributed by atoms with E-state index in [9.17, 15) is 4.79 Å². The number of ether oxygens (including phenoxy) is 1. The molecule has 0 bridgehead atoms. The molecule has 20 heavy (non-hydrogen) atoms. The number of nitrogens with zero attached hydrogens (tertiary/aromatic N) is 1. The highest BCUT2D eigenvalue weighted by Gasteiger charge is 2.14. The third-order valence-electron chi connectivity index (χ3n) is 2.85. The van der Waals surface area contributed by atoms with Crippen molar-refractivity contribution in [2.24, 2.45) is 5.73 Å². The zero-order valence-electron chi connectivity index (χ0n) is 11.2. The Morgan fingerprint density at radius 1 is 1.30 bits per heavy atom. The van der Waals surface area contributed by atoms with E-state index in [4.69, 9.17) is 10.5 Å². The highest BCUT2D eigenvalue weighted by atomic mass is 16.5. The Kier molecular flexibility index (Phi) is 4.68. The van der Waals surface area contributed by atoms with Gasteiger partial charge in [0.2, 0.25) is 11.8 Å². The molecule has 5 heteroatoms. The predicted octanol–water partition coefficient (Wildman–Crippen LogP) is 1.60. The van der Waals surface area contributed by atoms with Crippen molar-refractivity contribution in [3.63, 3.8) is 0 Å². The molecule has 0 radical (unpaired) electrons. The normalized spacial score (nSPS) is 11.7. The zero-order valence-corrected chi connectivity index (χ0v) is 11.2. The van der Waals surface area contributed by atoms with Crippen molar-refractivity contribution in [1.29, 1.82) is 0 Å². The van der Waals surface area contributed by atoms with Crippen molar-refractivity contribution >= 4 is 11.6 Å². The molecule has 0 aliphatic carbocycles. The third-order valence-corrected chi connectivity index (χ3v) is 2.85. The molecule has 1 heterocycles. The molecule has 2 rings (SSSR count). The standard InChI is InChI=1S/C15H17N3O2/c1-20-14-8-7-12(10-17-14)18-15(19)13(16)9-11-5-3-2-4-6-11/h2-8,10,13H,9,16H2,1H3,(H,18,19)/t13-/m0/s1. The van der Waals surface area contributed by atoms with Crippen molar-refractivity contribution in [3.05, 3.63) is 54.2 Å². The summed E-state index contributed by atoms with van der Waals surface area (Å²) in [6.07, 6.45) is 2.03. The Labute approximate surface area is 117 Å². The number of nitrogens with two attached hydrogens (primary N) is 1. The van der Waals surface area contributed by atoms with Gasteiger partial charge in [0, 0.05) is 6.07 Å². The van der Waals surface area contributed by atoms with Crippen LogP contribution in [0.4, 0.5) is 5.69 Å². The molecular weight excluding hydrogens is 254 g/mol. The van der Waals surface area contributed by atoms with Crippen LogP contribution in [0, 0.1) is 0 Å². The summed E-state index contributed by atoms with van der Waals surface area (Å²) < 4.78 is 4.95. The number of pyridine rings is 1. The molecule has 0 saturated heterocycles. The number of benzene rings is 1. The first-order chi connectivity index (χ1) is 9.69. The average molecular weight is 271 g/mol. The Morgan fingerprint density at radius 2 is 2.05 bits per heavy atom. The summed E-state index contributed by atoms with van der Waals surface area (Å²) in [4.78, 5) is 16.0. The summed E-state index contributed by atoms with van der Waals surface area (Å²) in [5.74, 6) is 0.261. The molecule has 0 saturated carbocycles. The summed E-state index contributed by atoms with van der Waals surface area (Å²) >= 11 is 0. The monoisotopic (exact) mass is 271 g/mol. The Morgan fingerprint density at radius 3 is 2.65 bits per heavy atom. The highest BCUT2D eigenvalue weighted by Crippen LogP contribution is 2.11. The van der Waals surface area contributed by atoms with Gasteiger partial charge in [0.1, 0.15) is 0 Å². The lowest BCUT2D eigenvalue weighted by atomic mass is 10.1. The molecule has 1 atom stereocenters. The molecule has 3 N–H and O–H groups in total. The van der Waals surface area contributed by atoms with Gasteiger partial charge in [-0.1, -0.05) is 30.3 Å². The lowest BCUT2D eigenvalue weighted by Crippen LogP contribution is -2.37. The van der Waals surface area contributed by atoms with Crippen LogP contribution in [0.3, 0.4) is 0 Å². The van der Waals surface area contributed by atoms with Crippen LogP contribution in [0.2, 0.25) is 0 Å². The number of amides is 1. The zero-order chi connectivity index (χ0) is 14.4. The minimum atomic E-state index is -0.598. The topological polar surface area (TPSA) is 77.2 Å². The second-order valence-corrected chi connectivity index (χ2v) is 4.37. The molecule has 0 aliphatic rings. The number of anilines is 1. The van der Waals surface area contributed by atoms with E-state index in [-0.39, 0.29) is 5.91 Å².